The van der Waals surface area contributed by atoms with Gasteiger partial charge < -0.3 is 25.2 Å². The average molecular weight is 812 g/mol. The van der Waals surface area contributed by atoms with Gasteiger partial charge in [0, 0.05) is 13.0 Å². The molecule has 0 heterocycles. The fourth-order valence-corrected chi connectivity index (χ4v) is 6.60. The molecule has 0 radical (unpaired) electrons. The van der Waals surface area contributed by atoms with Gasteiger partial charge in [0.1, 0.15) is 12.1 Å². The minimum absolute atomic E-state index is 0.00833. The number of aliphatic carboxylic acids is 1. The molecule has 0 aliphatic carbocycles. The van der Waals surface area contributed by atoms with Crippen molar-refractivity contribution in [3.63, 3.8) is 0 Å². The van der Waals surface area contributed by atoms with Crippen molar-refractivity contribution in [3.05, 3.63) is 48.6 Å². The first kappa shape index (κ1) is 53.9. The van der Waals surface area contributed by atoms with Gasteiger partial charge >= 0.3 is 19.8 Å². The minimum Gasteiger partial charge on any atom is -0.480 e. The molecule has 0 rings (SSSR count). The highest BCUT2D eigenvalue weighted by molar-refractivity contribution is 7.47. The molecule has 0 amide bonds. The first-order valence-electron chi connectivity index (χ1n) is 22.2. The Morgan fingerprint density at radius 2 is 1.00 bits per heavy atom. The van der Waals surface area contributed by atoms with Gasteiger partial charge in [0.25, 0.3) is 0 Å². The molecule has 0 fully saturated rings. The minimum atomic E-state index is -4.62. The summed E-state index contributed by atoms with van der Waals surface area (Å²) in [5.74, 6) is -1.79. The van der Waals surface area contributed by atoms with E-state index < -0.39 is 45.1 Å². The van der Waals surface area contributed by atoms with Crippen LogP contribution >= 0.6 is 7.82 Å². The van der Waals surface area contributed by atoms with Crippen molar-refractivity contribution in [3.8, 4) is 0 Å². The topological polar surface area (TPSA) is 155 Å². The van der Waals surface area contributed by atoms with Gasteiger partial charge in [-0.1, -0.05) is 159 Å². The number of phosphoric ester groups is 1. The molecule has 4 N–H and O–H groups in total. The Labute approximate surface area is 341 Å². The lowest BCUT2D eigenvalue weighted by Crippen LogP contribution is -2.34. The molecule has 3 unspecified atom stereocenters. The molecule has 0 aromatic heterocycles. The molecule has 0 aliphatic rings. The summed E-state index contributed by atoms with van der Waals surface area (Å²) in [6, 6.07) is -1.48. The van der Waals surface area contributed by atoms with Gasteiger partial charge in [-0.2, -0.15) is 0 Å². The lowest BCUT2D eigenvalue weighted by Gasteiger charge is -2.20. The summed E-state index contributed by atoms with van der Waals surface area (Å²) in [7, 11) is -4.62. The monoisotopic (exact) mass is 812 g/mol. The number of esters is 1. The highest BCUT2D eigenvalue weighted by atomic mass is 31.2. The maximum Gasteiger partial charge on any atom is 0.472 e. The molecule has 0 saturated heterocycles. The summed E-state index contributed by atoms with van der Waals surface area (Å²) in [5, 5.41) is 8.89. The summed E-state index contributed by atoms with van der Waals surface area (Å²) >= 11 is 0. The molecule has 56 heavy (non-hydrogen) atoms. The third-order valence-corrected chi connectivity index (χ3v) is 10.3. The van der Waals surface area contributed by atoms with Crippen LogP contribution in [0.2, 0.25) is 0 Å². The Bertz CT molecular complexity index is 1080. The summed E-state index contributed by atoms with van der Waals surface area (Å²) in [5.41, 5.74) is 5.35. The van der Waals surface area contributed by atoms with Gasteiger partial charge in [0.2, 0.25) is 0 Å². The van der Waals surface area contributed by atoms with Crippen molar-refractivity contribution in [2.24, 2.45) is 5.73 Å². The number of unbranched alkanes of at least 4 members (excludes halogenated alkanes) is 20. The van der Waals surface area contributed by atoms with E-state index in [-0.39, 0.29) is 13.0 Å². The van der Waals surface area contributed by atoms with Crippen LogP contribution in [-0.4, -0.2) is 60.5 Å². The standard InChI is InChI=1S/C45H82NO9P/c1-3-5-7-9-11-13-15-17-19-20-21-22-23-24-26-28-30-32-34-36-38-52-39-42(40-53-56(50,51)54-41-43(46)45(48)49)55-44(47)37-35-33-31-29-27-25-18-16-14-12-10-8-6-4-2/h10-13,16-19,42-43H,3-9,14-15,20-41,46H2,1-2H3,(H,48,49)(H,50,51)/b12-10-,13-11-,18-16-,19-17-. The SMILES string of the molecule is CCCC/C=C\C/C=C\CCCCCCCC(=O)OC(COCCCCCCCCCCCC/C=C\C/C=C\CCCCC)COP(=O)(O)OCC(N)C(=O)O. The van der Waals surface area contributed by atoms with E-state index in [2.05, 4.69) is 62.5 Å². The molecule has 3 atom stereocenters. The van der Waals surface area contributed by atoms with Crippen LogP contribution in [0.1, 0.15) is 187 Å². The predicted octanol–water partition coefficient (Wildman–Crippen LogP) is 12.3. The van der Waals surface area contributed by atoms with E-state index in [0.29, 0.717) is 13.0 Å². The Morgan fingerprint density at radius 1 is 0.571 bits per heavy atom. The van der Waals surface area contributed by atoms with Crippen LogP contribution < -0.4 is 5.73 Å². The van der Waals surface area contributed by atoms with Gasteiger partial charge in [-0.15, -0.1) is 0 Å². The first-order chi connectivity index (χ1) is 27.2. The molecule has 11 heteroatoms. The Hall–Kier alpha value is -2.07. The summed E-state index contributed by atoms with van der Waals surface area (Å²) in [6.07, 6.45) is 47.3. The molecular weight excluding hydrogens is 729 g/mol. The number of carbonyl (C=O) groups is 2. The average Bonchev–Trinajstić information content (AvgIpc) is 3.18. The van der Waals surface area contributed by atoms with Crippen LogP contribution in [0.5, 0.6) is 0 Å². The molecule has 10 nitrogen and oxygen atoms in total. The third kappa shape index (κ3) is 40.1. The molecule has 0 aromatic rings. The number of ether oxygens (including phenoxy) is 2. The van der Waals surface area contributed by atoms with E-state index in [1.54, 1.807) is 0 Å². The molecule has 326 valence electrons. The summed E-state index contributed by atoms with van der Waals surface area (Å²) in [6.45, 7) is 3.79. The summed E-state index contributed by atoms with van der Waals surface area (Å²) < 4.78 is 33.3. The maximum atomic E-state index is 12.6. The number of allylic oxidation sites excluding steroid dienone is 8. The van der Waals surface area contributed by atoms with Crippen molar-refractivity contribution in [2.75, 3.05) is 26.4 Å². The number of rotatable bonds is 42. The fraction of sp³-hybridized carbons (Fsp3) is 0.778. The normalized spacial score (nSPS) is 14.4. The highest BCUT2D eigenvalue weighted by Gasteiger charge is 2.27. The van der Waals surface area contributed by atoms with E-state index in [1.807, 2.05) is 0 Å². The zero-order valence-electron chi connectivity index (χ0n) is 35.5. The number of hydrogen-bond donors (Lipinski definition) is 3. The van der Waals surface area contributed by atoms with Crippen molar-refractivity contribution in [2.45, 2.75) is 199 Å². The van der Waals surface area contributed by atoms with Crippen molar-refractivity contribution >= 4 is 19.8 Å². The maximum absolute atomic E-state index is 12.6. The van der Waals surface area contributed by atoms with Crippen LogP contribution in [0.3, 0.4) is 0 Å². The van der Waals surface area contributed by atoms with E-state index in [9.17, 15) is 19.0 Å². The van der Waals surface area contributed by atoms with E-state index in [0.717, 1.165) is 70.6 Å². The lowest BCUT2D eigenvalue weighted by molar-refractivity contribution is -0.154. The first-order valence-corrected chi connectivity index (χ1v) is 23.7. The van der Waals surface area contributed by atoms with Gasteiger partial charge in [0.05, 0.1) is 19.8 Å². The smallest absolute Gasteiger partial charge is 0.472 e. The zero-order chi connectivity index (χ0) is 41.2. The number of phosphoric acid groups is 1. The molecule has 0 aromatic carbocycles. The van der Waals surface area contributed by atoms with Crippen LogP contribution in [0, 0.1) is 0 Å². The highest BCUT2D eigenvalue weighted by Crippen LogP contribution is 2.43. The van der Waals surface area contributed by atoms with Gasteiger partial charge in [-0.05, 0) is 70.6 Å². The van der Waals surface area contributed by atoms with Crippen LogP contribution in [0.25, 0.3) is 0 Å². The van der Waals surface area contributed by atoms with E-state index in [4.69, 9.17) is 29.4 Å². The second-order valence-corrected chi connectivity index (χ2v) is 16.3. The number of carbonyl (C=O) groups excluding carboxylic acids is 1. The fourth-order valence-electron chi connectivity index (χ4n) is 5.83. The molecule has 0 saturated carbocycles. The Balaban J connectivity index is 4.22. The van der Waals surface area contributed by atoms with E-state index in [1.165, 1.54) is 89.9 Å². The zero-order valence-corrected chi connectivity index (χ0v) is 36.4. The molecular formula is C45H82NO9P. The van der Waals surface area contributed by atoms with Crippen LogP contribution in [-0.2, 0) is 32.7 Å². The molecule has 0 aliphatic heterocycles. The molecule has 0 spiro atoms. The van der Waals surface area contributed by atoms with Gasteiger partial charge in [-0.25, -0.2) is 4.57 Å². The van der Waals surface area contributed by atoms with Gasteiger partial charge in [-0.3, -0.25) is 18.6 Å². The molecule has 0 bridgehead atoms. The second kappa shape index (κ2) is 41.1. The predicted molar refractivity (Wildman–Crippen MR) is 231 cm³/mol. The third-order valence-electron chi connectivity index (χ3n) is 9.33. The van der Waals surface area contributed by atoms with Gasteiger partial charge in [0.15, 0.2) is 0 Å². The van der Waals surface area contributed by atoms with E-state index >= 15 is 0 Å². The number of carboxylic acid groups (broad SMARTS) is 1. The Morgan fingerprint density at radius 3 is 1.50 bits per heavy atom. The van der Waals surface area contributed by atoms with Crippen molar-refractivity contribution in [1.29, 1.82) is 0 Å². The van der Waals surface area contributed by atoms with Crippen molar-refractivity contribution < 1.29 is 42.7 Å². The second-order valence-electron chi connectivity index (χ2n) is 14.8. The number of hydrogen-bond acceptors (Lipinski definition) is 8. The van der Waals surface area contributed by atoms with Crippen molar-refractivity contribution in [1.82, 2.24) is 0 Å². The summed E-state index contributed by atoms with van der Waals surface area (Å²) in [4.78, 5) is 33.5. The van der Waals surface area contributed by atoms with Crippen LogP contribution in [0.15, 0.2) is 48.6 Å². The Kier molecular flexibility index (Phi) is 39.6. The largest absolute Gasteiger partial charge is 0.480 e. The number of nitrogens with two attached hydrogens (primary N) is 1. The van der Waals surface area contributed by atoms with Crippen LogP contribution in [0.4, 0.5) is 0 Å². The lowest BCUT2D eigenvalue weighted by atomic mass is 10.1. The number of carboxylic acids is 1. The quantitative estimate of drug-likeness (QED) is 0.0235.